The summed E-state index contributed by atoms with van der Waals surface area (Å²) in [7, 11) is 0. The van der Waals surface area contributed by atoms with Crippen LogP contribution in [0.5, 0.6) is 0 Å². The molecule has 0 spiro atoms. The number of para-hydroxylation sites is 1. The molecule has 1 aromatic carbocycles. The highest BCUT2D eigenvalue weighted by atomic mass is 16.2. The van der Waals surface area contributed by atoms with Gasteiger partial charge in [0.25, 0.3) is 0 Å². The fraction of sp³-hybridized carbons (Fsp3) is 0.273. The Kier molecular flexibility index (Phi) is 2.78. The number of carbonyl (C=O) groups is 2. The first kappa shape index (κ1) is 9.86. The summed E-state index contributed by atoms with van der Waals surface area (Å²) in [5.41, 5.74) is 0.821. The van der Waals surface area contributed by atoms with Crippen molar-refractivity contribution in [1.29, 1.82) is 0 Å². The topological polar surface area (TPSA) is 40.6 Å². The zero-order valence-corrected chi connectivity index (χ0v) is 8.30. The number of hydrogen-bond acceptors (Lipinski definition) is 3. The third kappa shape index (κ3) is 1.89. The summed E-state index contributed by atoms with van der Waals surface area (Å²) in [4.78, 5) is 22.1. The average Bonchev–Trinajstić information content (AvgIpc) is 2.62. The monoisotopic (exact) mass is 204 g/mol. The summed E-state index contributed by atoms with van der Waals surface area (Å²) in [6, 6.07) is 9.37. The Morgan fingerprint density at radius 3 is 2.67 bits per heavy atom. The van der Waals surface area contributed by atoms with Crippen LogP contribution in [0.25, 0.3) is 0 Å². The van der Waals surface area contributed by atoms with E-state index >= 15 is 0 Å². The molecule has 1 heterocycles. The molecule has 2 rings (SSSR count). The third-order valence-corrected chi connectivity index (χ3v) is 2.39. The number of benzene rings is 1. The molecule has 0 N–H and O–H groups in total. The highest BCUT2D eigenvalue weighted by Crippen LogP contribution is 2.21. The van der Waals surface area contributed by atoms with Crippen LogP contribution in [0.3, 0.4) is 0 Å². The lowest BCUT2D eigenvalue weighted by atomic mass is 10.3. The van der Waals surface area contributed by atoms with Crippen molar-refractivity contribution in [2.45, 2.75) is 6.42 Å². The molecule has 1 saturated heterocycles. The molecule has 0 aromatic heterocycles. The van der Waals surface area contributed by atoms with Gasteiger partial charge < -0.3 is 4.79 Å². The number of nitrogens with zero attached hydrogens (tertiary/aromatic N) is 2. The van der Waals surface area contributed by atoms with Gasteiger partial charge in [0.05, 0.1) is 12.2 Å². The van der Waals surface area contributed by atoms with E-state index < -0.39 is 0 Å². The second kappa shape index (κ2) is 4.23. The van der Waals surface area contributed by atoms with Crippen molar-refractivity contribution in [2.75, 3.05) is 18.1 Å². The van der Waals surface area contributed by atoms with E-state index in [1.54, 1.807) is 10.0 Å². The molecule has 4 heteroatoms. The minimum atomic E-state index is 0.0445. The smallest absolute Gasteiger partial charge is 0.242 e. The van der Waals surface area contributed by atoms with Gasteiger partial charge in [-0.2, -0.15) is 0 Å². The number of anilines is 1. The fourth-order valence-electron chi connectivity index (χ4n) is 1.72. The zero-order valence-electron chi connectivity index (χ0n) is 8.30. The maximum absolute atomic E-state index is 11.6. The van der Waals surface area contributed by atoms with Crippen LogP contribution in [0, 0.1) is 0 Å². The number of aldehydes is 1. The molecular formula is C11H12N2O2. The molecule has 78 valence electrons. The maximum atomic E-state index is 11.6. The van der Waals surface area contributed by atoms with Crippen LogP contribution < -0.4 is 5.01 Å². The molecule has 0 atom stereocenters. The second-order valence-electron chi connectivity index (χ2n) is 3.37. The van der Waals surface area contributed by atoms with Gasteiger partial charge in [-0.1, -0.05) is 18.2 Å². The lowest BCUT2D eigenvalue weighted by molar-refractivity contribution is -0.118. The highest BCUT2D eigenvalue weighted by molar-refractivity contribution is 5.94. The van der Waals surface area contributed by atoms with E-state index in [-0.39, 0.29) is 12.5 Å². The normalized spacial score (nSPS) is 17.1. The van der Waals surface area contributed by atoms with Crippen LogP contribution in [0.4, 0.5) is 5.69 Å². The molecule has 0 aliphatic carbocycles. The highest BCUT2D eigenvalue weighted by Gasteiger charge is 2.29. The predicted octanol–water partition coefficient (Wildman–Crippen LogP) is 0.839. The first-order chi connectivity index (χ1) is 7.33. The lowest BCUT2D eigenvalue weighted by Gasteiger charge is -2.25. The summed E-state index contributed by atoms with van der Waals surface area (Å²) in [6.07, 6.45) is 1.29. The second-order valence-corrected chi connectivity index (χ2v) is 3.37. The van der Waals surface area contributed by atoms with Gasteiger partial charge >= 0.3 is 0 Å². The van der Waals surface area contributed by atoms with Crippen LogP contribution >= 0.6 is 0 Å². The number of rotatable bonds is 3. The first-order valence-corrected chi connectivity index (χ1v) is 4.89. The van der Waals surface area contributed by atoms with Crippen molar-refractivity contribution in [1.82, 2.24) is 5.01 Å². The van der Waals surface area contributed by atoms with E-state index in [4.69, 9.17) is 0 Å². The van der Waals surface area contributed by atoms with Crippen molar-refractivity contribution in [2.24, 2.45) is 0 Å². The quantitative estimate of drug-likeness (QED) is 0.685. The maximum Gasteiger partial charge on any atom is 0.242 e. The van der Waals surface area contributed by atoms with Gasteiger partial charge in [0.1, 0.15) is 6.29 Å². The first-order valence-electron chi connectivity index (χ1n) is 4.89. The van der Waals surface area contributed by atoms with Crippen molar-refractivity contribution >= 4 is 17.9 Å². The number of hydrogen-bond donors (Lipinski definition) is 0. The Hall–Kier alpha value is -1.68. The van der Waals surface area contributed by atoms with Gasteiger partial charge in [0.2, 0.25) is 5.91 Å². The van der Waals surface area contributed by atoms with E-state index in [2.05, 4.69) is 0 Å². The molecule has 1 amide bonds. The summed E-state index contributed by atoms with van der Waals surface area (Å²) in [5, 5.41) is 3.33. The van der Waals surface area contributed by atoms with Gasteiger partial charge in [-0.3, -0.25) is 4.79 Å². The molecule has 1 aromatic rings. The van der Waals surface area contributed by atoms with Crippen LogP contribution in [-0.2, 0) is 9.59 Å². The predicted molar refractivity (Wildman–Crippen MR) is 56.2 cm³/mol. The van der Waals surface area contributed by atoms with Crippen LogP contribution in [-0.4, -0.2) is 30.3 Å². The van der Waals surface area contributed by atoms with Crippen LogP contribution in [0.2, 0.25) is 0 Å². The average molecular weight is 204 g/mol. The summed E-state index contributed by atoms with van der Waals surface area (Å²) in [5.74, 6) is 0.0445. The molecule has 0 unspecified atom stereocenters. The molecule has 1 aliphatic rings. The Morgan fingerprint density at radius 2 is 2.00 bits per heavy atom. The van der Waals surface area contributed by atoms with Crippen molar-refractivity contribution in [3.63, 3.8) is 0 Å². The third-order valence-electron chi connectivity index (χ3n) is 2.39. The standard InChI is InChI=1S/C11H12N2O2/c14-9-8-12-7-6-11(15)13(12)10-4-2-1-3-5-10/h1-5,9H,6-8H2. The SMILES string of the molecule is O=CCN1CCC(=O)N1c1ccccc1. The Morgan fingerprint density at radius 1 is 1.27 bits per heavy atom. The molecule has 0 bridgehead atoms. The van der Waals surface area contributed by atoms with Gasteiger partial charge in [-0.15, -0.1) is 0 Å². The minimum absolute atomic E-state index is 0.0445. The summed E-state index contributed by atoms with van der Waals surface area (Å²) in [6.45, 7) is 0.882. The van der Waals surface area contributed by atoms with E-state index in [0.717, 1.165) is 12.0 Å². The van der Waals surface area contributed by atoms with Crippen molar-refractivity contribution in [3.05, 3.63) is 30.3 Å². The van der Waals surface area contributed by atoms with Crippen LogP contribution in [0.1, 0.15) is 6.42 Å². The largest absolute Gasteiger partial charge is 0.302 e. The van der Waals surface area contributed by atoms with Gasteiger partial charge in [0, 0.05) is 13.0 Å². The van der Waals surface area contributed by atoms with E-state index in [1.807, 2.05) is 30.3 Å². The van der Waals surface area contributed by atoms with E-state index in [0.29, 0.717) is 13.0 Å². The molecule has 0 saturated carbocycles. The lowest BCUT2D eigenvalue weighted by Crippen LogP contribution is -2.40. The zero-order chi connectivity index (χ0) is 10.7. The van der Waals surface area contributed by atoms with Crippen LogP contribution in [0.15, 0.2) is 30.3 Å². The van der Waals surface area contributed by atoms with Gasteiger partial charge in [0.15, 0.2) is 0 Å². The van der Waals surface area contributed by atoms with E-state index in [1.165, 1.54) is 0 Å². The Bertz CT molecular complexity index is 364. The molecule has 0 radical (unpaired) electrons. The van der Waals surface area contributed by atoms with Crippen molar-refractivity contribution < 1.29 is 9.59 Å². The fourth-order valence-corrected chi connectivity index (χ4v) is 1.72. The molecule has 4 nitrogen and oxygen atoms in total. The Labute approximate surface area is 88.1 Å². The Balaban J connectivity index is 2.25. The van der Waals surface area contributed by atoms with Gasteiger partial charge in [-0.05, 0) is 12.1 Å². The number of carbonyl (C=O) groups excluding carboxylic acids is 2. The minimum Gasteiger partial charge on any atom is -0.302 e. The number of amides is 1. The molecule has 1 fully saturated rings. The number of hydrazine groups is 1. The molecular weight excluding hydrogens is 192 g/mol. The molecule has 1 aliphatic heterocycles. The summed E-state index contributed by atoms with van der Waals surface area (Å²) < 4.78 is 0. The molecule has 15 heavy (non-hydrogen) atoms. The van der Waals surface area contributed by atoms with E-state index in [9.17, 15) is 9.59 Å². The van der Waals surface area contributed by atoms with Crippen molar-refractivity contribution in [3.8, 4) is 0 Å². The summed E-state index contributed by atoms with van der Waals surface area (Å²) >= 11 is 0. The van der Waals surface area contributed by atoms with Gasteiger partial charge in [-0.25, -0.2) is 10.0 Å².